The van der Waals surface area contributed by atoms with E-state index in [0.29, 0.717) is 16.6 Å². The third kappa shape index (κ3) is 4.27. The maximum Gasteiger partial charge on any atom is 0.268 e. The molecule has 0 aliphatic carbocycles. The van der Waals surface area contributed by atoms with E-state index in [2.05, 4.69) is 41.5 Å². The summed E-state index contributed by atoms with van der Waals surface area (Å²) in [6, 6.07) is 2.44. The number of ether oxygens (including phenoxy) is 1. The average Bonchev–Trinajstić information content (AvgIpc) is 2.79. The number of methoxy groups -OCH3 is 1. The van der Waals surface area contributed by atoms with Gasteiger partial charge in [0.05, 0.1) is 29.5 Å². The van der Waals surface area contributed by atoms with Gasteiger partial charge in [-0.25, -0.2) is 22.8 Å². The second kappa shape index (κ2) is 8.70. The quantitative estimate of drug-likeness (QED) is 0.452. The number of hydrogen-bond donors (Lipinski definition) is 1. The van der Waals surface area contributed by atoms with Crippen molar-refractivity contribution in [2.45, 2.75) is 4.90 Å². The average molecular weight is 471 g/mol. The minimum absolute atomic E-state index is 0.0611. The summed E-state index contributed by atoms with van der Waals surface area (Å²) in [5.74, 6) is 3.72. The first-order chi connectivity index (χ1) is 15.4. The summed E-state index contributed by atoms with van der Waals surface area (Å²) < 4.78 is 47.6. The highest BCUT2D eigenvalue weighted by Gasteiger charge is 2.24. The van der Waals surface area contributed by atoms with Crippen LogP contribution in [-0.4, -0.2) is 40.4 Å². The molecule has 0 saturated carbocycles. The highest BCUT2D eigenvalue weighted by Crippen LogP contribution is 2.27. The normalized spacial score (nSPS) is 11.0. The van der Waals surface area contributed by atoms with Crippen molar-refractivity contribution in [3.05, 3.63) is 71.3 Å². The third-order valence-electron chi connectivity index (χ3n) is 4.10. The number of sulfonamides is 1. The summed E-state index contributed by atoms with van der Waals surface area (Å²) >= 11 is 5.85. The third-order valence-corrected chi connectivity index (χ3v) is 5.64. The molecule has 0 aliphatic rings. The summed E-state index contributed by atoms with van der Waals surface area (Å²) in [7, 11) is -3.07. The fraction of sp³-hybridized carbons (Fsp3) is 0.0500. The zero-order chi connectivity index (χ0) is 22.7. The lowest BCUT2D eigenvalue weighted by Crippen LogP contribution is -2.17. The summed E-state index contributed by atoms with van der Waals surface area (Å²) in [4.78, 5) is 19.6. The molecule has 9 nitrogen and oxygen atoms in total. The first-order valence-corrected chi connectivity index (χ1v) is 10.7. The summed E-state index contributed by atoms with van der Waals surface area (Å²) in [5, 5.41) is 0.0611. The fourth-order valence-corrected chi connectivity index (χ4v) is 4.05. The van der Waals surface area contributed by atoms with E-state index < -0.39 is 21.7 Å². The van der Waals surface area contributed by atoms with E-state index >= 15 is 0 Å². The first-order valence-electron chi connectivity index (χ1n) is 8.82. The zero-order valence-corrected chi connectivity index (χ0v) is 17.8. The predicted octanol–water partition coefficient (Wildman–Crippen LogP) is 2.82. The second-order valence-corrected chi connectivity index (χ2v) is 8.24. The zero-order valence-electron chi connectivity index (χ0n) is 16.2. The van der Waals surface area contributed by atoms with E-state index in [0.717, 1.165) is 6.07 Å². The lowest BCUT2D eigenvalue weighted by atomic mass is 10.2. The van der Waals surface area contributed by atoms with Gasteiger partial charge in [0.1, 0.15) is 11.0 Å². The van der Waals surface area contributed by atoms with Gasteiger partial charge in [-0.2, -0.15) is 0 Å². The van der Waals surface area contributed by atoms with Crippen LogP contribution in [0.4, 0.5) is 10.2 Å². The molecule has 0 atom stereocenters. The molecule has 0 radical (unpaired) electrons. The lowest BCUT2D eigenvalue weighted by molar-refractivity contribution is 0.385. The fourth-order valence-electron chi connectivity index (χ4n) is 2.67. The Morgan fingerprint density at radius 1 is 1.03 bits per heavy atom. The molecule has 0 aromatic carbocycles. The molecule has 0 saturated heterocycles. The molecule has 4 aromatic heterocycles. The Kier molecular flexibility index (Phi) is 5.81. The molecule has 0 aliphatic heterocycles. The molecule has 4 aromatic rings. The van der Waals surface area contributed by atoms with Gasteiger partial charge >= 0.3 is 0 Å². The molecule has 0 amide bonds. The summed E-state index contributed by atoms with van der Waals surface area (Å²) in [6.45, 7) is 0. The molecular weight excluding hydrogens is 459 g/mol. The minimum atomic E-state index is -4.31. The molecule has 1 N–H and O–H groups in total. The summed E-state index contributed by atoms with van der Waals surface area (Å²) in [6.07, 6.45) is 8.48. The SMILES string of the molecule is COc1ncc(Cl)cc1S(=O)(=O)Nc1nccc(C#Cc2cncc3nccnc23)c1F. The Labute approximate surface area is 186 Å². The van der Waals surface area contributed by atoms with Crippen LogP contribution in [0.25, 0.3) is 11.0 Å². The molecule has 4 rings (SSSR count). The van der Waals surface area contributed by atoms with E-state index in [4.69, 9.17) is 16.3 Å². The maximum absolute atomic E-state index is 15.0. The van der Waals surface area contributed by atoms with Crippen molar-refractivity contribution in [2.75, 3.05) is 11.8 Å². The number of pyridine rings is 3. The topological polar surface area (TPSA) is 120 Å². The Morgan fingerprint density at radius 3 is 2.62 bits per heavy atom. The van der Waals surface area contributed by atoms with Gasteiger partial charge in [-0.1, -0.05) is 23.4 Å². The van der Waals surface area contributed by atoms with Gasteiger partial charge in [0.25, 0.3) is 10.0 Å². The Morgan fingerprint density at radius 2 is 1.81 bits per heavy atom. The Balaban J connectivity index is 1.70. The van der Waals surface area contributed by atoms with Crippen molar-refractivity contribution >= 4 is 38.5 Å². The highest BCUT2D eigenvalue weighted by atomic mass is 35.5. The van der Waals surface area contributed by atoms with Gasteiger partial charge < -0.3 is 4.74 Å². The van der Waals surface area contributed by atoms with Gasteiger partial charge in [-0.15, -0.1) is 0 Å². The van der Waals surface area contributed by atoms with E-state index in [1.165, 1.54) is 50.4 Å². The molecule has 4 heterocycles. The molecule has 160 valence electrons. The van der Waals surface area contributed by atoms with Crippen molar-refractivity contribution < 1.29 is 17.5 Å². The molecule has 0 bridgehead atoms. The Bertz CT molecular complexity index is 1500. The number of aromatic nitrogens is 5. The molecule has 0 fully saturated rings. The monoisotopic (exact) mass is 470 g/mol. The first kappa shape index (κ1) is 21.4. The van der Waals surface area contributed by atoms with Gasteiger partial charge in [-0.05, 0) is 12.1 Å². The van der Waals surface area contributed by atoms with Crippen LogP contribution in [0.3, 0.4) is 0 Å². The van der Waals surface area contributed by atoms with E-state index in [-0.39, 0.29) is 21.4 Å². The van der Waals surface area contributed by atoms with Gasteiger partial charge in [0.2, 0.25) is 5.88 Å². The molecule has 12 heteroatoms. The van der Waals surface area contributed by atoms with Crippen LogP contribution < -0.4 is 9.46 Å². The number of hydrogen-bond acceptors (Lipinski definition) is 8. The van der Waals surface area contributed by atoms with Gasteiger partial charge in [0, 0.05) is 31.0 Å². The molecular formula is C20H12ClFN6O3S. The van der Waals surface area contributed by atoms with Gasteiger partial charge in [-0.3, -0.25) is 19.7 Å². The number of nitrogens with one attached hydrogen (secondary N) is 1. The predicted molar refractivity (Wildman–Crippen MR) is 114 cm³/mol. The van der Waals surface area contributed by atoms with Crippen molar-refractivity contribution in [1.82, 2.24) is 24.9 Å². The number of rotatable bonds is 4. The smallest absolute Gasteiger partial charge is 0.268 e. The van der Waals surface area contributed by atoms with Crippen LogP contribution in [0.15, 0.2) is 54.2 Å². The number of anilines is 1. The summed E-state index contributed by atoms with van der Waals surface area (Å²) in [5.41, 5.74) is 1.39. The van der Waals surface area contributed by atoms with Crippen LogP contribution in [0, 0.1) is 17.7 Å². The minimum Gasteiger partial charge on any atom is -0.480 e. The van der Waals surface area contributed by atoms with E-state index in [1.807, 2.05) is 0 Å². The lowest BCUT2D eigenvalue weighted by Gasteiger charge is -2.11. The standard InChI is InChI=1S/C20H12ClFN6O3S/c1-31-20-16(8-14(21)10-27-20)32(29,30)28-19-17(22)12(4-5-26-19)2-3-13-9-23-11-15-18(13)25-7-6-24-15/h4-11H,1H3,(H,26,28). The largest absolute Gasteiger partial charge is 0.480 e. The second-order valence-electron chi connectivity index (χ2n) is 6.15. The van der Waals surface area contributed by atoms with Crippen LogP contribution >= 0.6 is 11.6 Å². The van der Waals surface area contributed by atoms with Crippen molar-refractivity contribution in [2.24, 2.45) is 0 Å². The highest BCUT2D eigenvalue weighted by molar-refractivity contribution is 7.92. The number of halogens is 2. The van der Waals surface area contributed by atoms with Gasteiger partial charge in [0.15, 0.2) is 16.5 Å². The molecule has 0 unspecified atom stereocenters. The number of nitrogens with zero attached hydrogens (tertiary/aromatic N) is 5. The van der Waals surface area contributed by atoms with Crippen LogP contribution in [0.5, 0.6) is 5.88 Å². The van der Waals surface area contributed by atoms with Crippen LogP contribution in [-0.2, 0) is 10.0 Å². The molecule has 0 spiro atoms. The van der Waals surface area contributed by atoms with Crippen molar-refractivity contribution in [3.63, 3.8) is 0 Å². The van der Waals surface area contributed by atoms with E-state index in [1.54, 1.807) is 0 Å². The van der Waals surface area contributed by atoms with Crippen molar-refractivity contribution in [3.8, 4) is 17.7 Å². The Hall–Kier alpha value is -3.88. The molecule has 32 heavy (non-hydrogen) atoms. The maximum atomic E-state index is 15.0. The van der Waals surface area contributed by atoms with Crippen LogP contribution in [0.2, 0.25) is 5.02 Å². The van der Waals surface area contributed by atoms with Crippen molar-refractivity contribution in [1.29, 1.82) is 0 Å². The number of fused-ring (bicyclic) bond motifs is 1. The van der Waals surface area contributed by atoms with E-state index in [9.17, 15) is 12.8 Å². The van der Waals surface area contributed by atoms with Crippen LogP contribution in [0.1, 0.15) is 11.1 Å².